The first-order chi connectivity index (χ1) is 11.7. The van der Waals surface area contributed by atoms with Crippen LogP contribution < -0.4 is 10.5 Å². The lowest BCUT2D eigenvalue weighted by atomic mass is 10.2. The number of hydrogen-bond acceptors (Lipinski definition) is 6. The quantitative estimate of drug-likeness (QED) is 0.751. The fourth-order valence-corrected chi connectivity index (χ4v) is 3.57. The van der Waals surface area contributed by atoms with Crippen molar-refractivity contribution in [3.63, 3.8) is 0 Å². The van der Waals surface area contributed by atoms with Crippen LogP contribution >= 0.6 is 28.9 Å². The van der Waals surface area contributed by atoms with E-state index in [1.165, 1.54) is 10.5 Å². The lowest BCUT2D eigenvalue weighted by Gasteiger charge is -2.32. The minimum absolute atomic E-state index is 0. The van der Waals surface area contributed by atoms with Crippen LogP contribution in [0.4, 0.5) is 5.69 Å². The minimum Gasteiger partial charge on any atom is -0.258 e. The molecule has 0 fully saturated rings. The second-order valence-electron chi connectivity index (χ2n) is 5.78. The topological polar surface area (TPSA) is 34.1 Å². The highest BCUT2D eigenvalue weighted by Crippen LogP contribution is 2.36. The average molecular weight is 418 g/mol. The molecular weight excluding hydrogens is 398 g/mol. The number of amidine groups is 1. The Hall–Kier alpha value is -1.96. The zero-order valence-corrected chi connectivity index (χ0v) is 16.6. The number of benzene rings is 2. The molecule has 4 rings (SSSR count). The molecule has 0 atom stereocenters. The van der Waals surface area contributed by atoms with Crippen LogP contribution in [-0.4, -0.2) is 22.0 Å². The van der Waals surface area contributed by atoms with Gasteiger partial charge < -0.3 is 0 Å². The first-order valence-corrected chi connectivity index (χ1v) is 8.67. The molecule has 0 unspecified atom stereocenters. The van der Waals surface area contributed by atoms with E-state index in [1.54, 1.807) is 11.9 Å². The van der Waals surface area contributed by atoms with Gasteiger partial charge in [0.1, 0.15) is 0 Å². The summed E-state index contributed by atoms with van der Waals surface area (Å²) in [4.78, 5) is 1.33. The van der Waals surface area contributed by atoms with E-state index in [0.717, 1.165) is 23.6 Å². The van der Waals surface area contributed by atoms with E-state index in [2.05, 4.69) is 48.0 Å². The van der Waals surface area contributed by atoms with Crippen LogP contribution in [0.25, 0.3) is 0 Å². The Labute approximate surface area is 162 Å². The number of rotatable bonds is 3. The molecule has 5 nitrogen and oxygen atoms in total. The van der Waals surface area contributed by atoms with Gasteiger partial charge in [0.15, 0.2) is 5.84 Å². The highest BCUT2D eigenvalue weighted by molar-refractivity contribution is 8.93. The number of hydrazone groups is 1. The highest BCUT2D eigenvalue weighted by Gasteiger charge is 2.33. The molecule has 1 N–H and O–H groups in total. The summed E-state index contributed by atoms with van der Waals surface area (Å²) in [6.45, 7) is 5.17. The van der Waals surface area contributed by atoms with Gasteiger partial charge >= 0.3 is 0 Å². The normalized spacial score (nSPS) is 17.4. The van der Waals surface area contributed by atoms with E-state index in [9.17, 15) is 0 Å². The van der Waals surface area contributed by atoms with Gasteiger partial charge in [-0.25, -0.2) is 0 Å². The summed E-state index contributed by atoms with van der Waals surface area (Å²) < 4.78 is 2.15. The summed E-state index contributed by atoms with van der Waals surface area (Å²) in [5.74, 6) is 0.835. The minimum atomic E-state index is 0. The van der Waals surface area contributed by atoms with E-state index in [-0.39, 0.29) is 17.0 Å². The predicted molar refractivity (Wildman–Crippen MR) is 110 cm³/mol. The summed E-state index contributed by atoms with van der Waals surface area (Å²) in [5, 5.41) is 8.69. The van der Waals surface area contributed by atoms with Crippen molar-refractivity contribution >= 4 is 40.5 Å². The molecule has 0 bridgehead atoms. The number of halogens is 1. The molecule has 0 aromatic heterocycles. The Morgan fingerprint density at radius 1 is 0.960 bits per heavy atom. The van der Waals surface area contributed by atoms with Crippen molar-refractivity contribution in [3.05, 3.63) is 76.7 Å². The van der Waals surface area contributed by atoms with Crippen molar-refractivity contribution in [1.82, 2.24) is 15.1 Å². The molecule has 130 valence electrons. The molecule has 0 radical (unpaired) electrons. The van der Waals surface area contributed by atoms with Gasteiger partial charge in [0.2, 0.25) is 0 Å². The summed E-state index contributed by atoms with van der Waals surface area (Å²) in [5.41, 5.74) is 6.89. The molecule has 0 spiro atoms. The molecular formula is C18H20BrN5S. The summed E-state index contributed by atoms with van der Waals surface area (Å²) in [7, 11) is 0. The van der Waals surface area contributed by atoms with E-state index >= 15 is 0 Å². The van der Waals surface area contributed by atoms with Crippen molar-refractivity contribution < 1.29 is 0 Å². The van der Waals surface area contributed by atoms with Crippen molar-refractivity contribution in [2.45, 2.75) is 13.8 Å². The maximum Gasteiger partial charge on any atom is 0.177 e. The fraction of sp³-hybridized carbons (Fsp3) is 0.167. The average Bonchev–Trinajstić information content (AvgIpc) is 3.21. The molecule has 0 saturated carbocycles. The Kier molecular flexibility index (Phi) is 5.36. The van der Waals surface area contributed by atoms with Crippen molar-refractivity contribution in [2.24, 2.45) is 5.10 Å². The van der Waals surface area contributed by atoms with Crippen LogP contribution in [0.3, 0.4) is 0 Å². The monoisotopic (exact) mass is 417 g/mol. The van der Waals surface area contributed by atoms with Crippen molar-refractivity contribution in [1.29, 1.82) is 0 Å². The number of nitrogens with one attached hydrogen (secondary N) is 1. The van der Waals surface area contributed by atoms with Gasteiger partial charge in [0.05, 0.1) is 12.2 Å². The van der Waals surface area contributed by atoms with Gasteiger partial charge in [0, 0.05) is 5.56 Å². The Bertz CT molecular complexity index is 780. The predicted octanol–water partition coefficient (Wildman–Crippen LogP) is 4.34. The molecule has 2 aromatic carbocycles. The SMILES string of the molecule is Br.CC1=C(C)SN(N2N=C(c3ccccc3)NN2c2ccccc2)C1. The van der Waals surface area contributed by atoms with Gasteiger partial charge in [-0.05, 0) is 48.4 Å². The highest BCUT2D eigenvalue weighted by atomic mass is 79.9. The second-order valence-corrected chi connectivity index (χ2v) is 7.00. The standard InChI is InChI=1S/C18H19N5S.BrH/c1-14-13-21(24-15(14)2)23-20-18(16-9-5-3-6-10-16)19-22(23)17-11-7-4-8-12-17;/h3-12H,13H2,1-2H3,(H,19,20);1H. The van der Waals surface area contributed by atoms with Crippen molar-refractivity contribution in [2.75, 3.05) is 11.7 Å². The van der Waals surface area contributed by atoms with Crippen LogP contribution in [0.1, 0.15) is 19.4 Å². The number of hydrogen-bond donors (Lipinski definition) is 1. The third-order valence-corrected chi connectivity index (χ3v) is 5.15. The third kappa shape index (κ3) is 3.53. The number of hydrazine groups is 3. The molecule has 2 aliphatic heterocycles. The summed E-state index contributed by atoms with van der Waals surface area (Å²) in [6, 6.07) is 20.4. The first kappa shape index (κ1) is 17.8. The Morgan fingerprint density at radius 3 is 2.20 bits per heavy atom. The van der Waals surface area contributed by atoms with Crippen LogP contribution in [0, 0.1) is 0 Å². The number of nitrogens with zero attached hydrogens (tertiary/aromatic N) is 4. The van der Waals surface area contributed by atoms with E-state index < -0.39 is 0 Å². The molecule has 25 heavy (non-hydrogen) atoms. The number of allylic oxidation sites excluding steroid dienone is 1. The maximum atomic E-state index is 4.81. The Morgan fingerprint density at radius 2 is 1.60 bits per heavy atom. The van der Waals surface area contributed by atoms with E-state index in [4.69, 9.17) is 5.10 Å². The molecule has 2 aromatic rings. The van der Waals surface area contributed by atoms with Crippen LogP contribution in [0.5, 0.6) is 0 Å². The zero-order valence-electron chi connectivity index (χ0n) is 14.1. The summed E-state index contributed by atoms with van der Waals surface area (Å²) >= 11 is 1.72. The molecule has 0 aliphatic carbocycles. The summed E-state index contributed by atoms with van der Waals surface area (Å²) in [6.07, 6.45) is 0. The molecule has 2 heterocycles. The maximum absolute atomic E-state index is 4.81. The van der Waals surface area contributed by atoms with Crippen molar-refractivity contribution in [3.8, 4) is 0 Å². The van der Waals surface area contributed by atoms with Crippen LogP contribution in [-0.2, 0) is 0 Å². The van der Waals surface area contributed by atoms with Gasteiger partial charge in [0.25, 0.3) is 0 Å². The van der Waals surface area contributed by atoms with Crippen LogP contribution in [0.2, 0.25) is 0 Å². The molecule has 2 aliphatic rings. The molecule has 0 amide bonds. The van der Waals surface area contributed by atoms with Gasteiger partial charge in [-0.3, -0.25) is 5.43 Å². The number of para-hydroxylation sites is 1. The molecule has 7 heteroatoms. The van der Waals surface area contributed by atoms with Gasteiger partial charge in [-0.1, -0.05) is 53.8 Å². The fourth-order valence-electron chi connectivity index (χ4n) is 2.59. The van der Waals surface area contributed by atoms with E-state index in [1.807, 2.05) is 46.7 Å². The number of anilines is 1. The van der Waals surface area contributed by atoms with Crippen LogP contribution in [0.15, 0.2) is 76.2 Å². The van der Waals surface area contributed by atoms with Gasteiger partial charge in [-0.15, -0.1) is 26.5 Å². The van der Waals surface area contributed by atoms with Gasteiger partial charge in [-0.2, -0.15) is 5.12 Å². The largest absolute Gasteiger partial charge is 0.258 e. The second kappa shape index (κ2) is 7.51. The van der Waals surface area contributed by atoms with E-state index in [0.29, 0.717) is 0 Å². The lowest BCUT2D eigenvalue weighted by molar-refractivity contribution is 0.0779. The smallest absolute Gasteiger partial charge is 0.177 e. The third-order valence-electron chi connectivity index (χ3n) is 4.04. The zero-order chi connectivity index (χ0) is 16.5. The lowest BCUT2D eigenvalue weighted by Crippen LogP contribution is -2.49. The first-order valence-electron chi connectivity index (χ1n) is 7.90. The Balaban J connectivity index is 0.00000182. The molecule has 0 saturated heterocycles.